The molecule has 0 spiro atoms. The van der Waals surface area contributed by atoms with Crippen molar-refractivity contribution < 1.29 is 22.7 Å². The van der Waals surface area contributed by atoms with Gasteiger partial charge < -0.3 is 14.5 Å². The molecule has 1 aliphatic rings. The molecule has 0 fully saturated rings. The summed E-state index contributed by atoms with van der Waals surface area (Å²) in [7, 11) is 1.96. The van der Waals surface area contributed by atoms with E-state index in [0.717, 1.165) is 28.9 Å². The van der Waals surface area contributed by atoms with E-state index in [-0.39, 0.29) is 11.9 Å². The molecule has 0 amide bonds. The molecule has 0 aromatic heterocycles. The van der Waals surface area contributed by atoms with Crippen LogP contribution in [0.4, 0.5) is 18.9 Å². The predicted molar refractivity (Wildman–Crippen MR) is 110 cm³/mol. The fourth-order valence-electron chi connectivity index (χ4n) is 3.14. The summed E-state index contributed by atoms with van der Waals surface area (Å²) in [5.41, 5.74) is 5.01. The maximum Gasteiger partial charge on any atom is 0.573 e. The van der Waals surface area contributed by atoms with Gasteiger partial charge in [0.1, 0.15) is 5.75 Å². The lowest BCUT2D eigenvalue weighted by molar-refractivity contribution is -0.274. The standard InChI is InChI=1S/C22H24F3N3O2/c1-5-28(4)13-26-19-10-14(2)18(9-15(19)3)21-12-20(27-30-21)16-7-6-8-17(11-16)29-22(23,24)25/h6-11,13,21H,5,12H2,1-4H3/b26-13-. The first-order chi connectivity index (χ1) is 14.2. The molecule has 0 saturated heterocycles. The molecule has 30 heavy (non-hydrogen) atoms. The second kappa shape index (κ2) is 8.77. The topological polar surface area (TPSA) is 46.4 Å². The molecule has 2 aromatic carbocycles. The van der Waals surface area contributed by atoms with Crippen molar-refractivity contribution in [2.45, 2.75) is 39.7 Å². The van der Waals surface area contributed by atoms with Gasteiger partial charge in [0.25, 0.3) is 0 Å². The fraction of sp³-hybridized carbons (Fsp3) is 0.364. The van der Waals surface area contributed by atoms with E-state index in [4.69, 9.17) is 4.84 Å². The molecule has 1 atom stereocenters. The van der Waals surface area contributed by atoms with Gasteiger partial charge in [-0.15, -0.1) is 13.2 Å². The summed E-state index contributed by atoms with van der Waals surface area (Å²) in [4.78, 5) is 12.1. The van der Waals surface area contributed by atoms with Gasteiger partial charge in [0.2, 0.25) is 0 Å². The Morgan fingerprint density at radius 3 is 2.70 bits per heavy atom. The summed E-state index contributed by atoms with van der Waals surface area (Å²) in [6, 6.07) is 9.80. The molecule has 0 aliphatic carbocycles. The number of hydrogen-bond acceptors (Lipinski definition) is 4. The Morgan fingerprint density at radius 1 is 1.23 bits per heavy atom. The van der Waals surface area contributed by atoms with E-state index < -0.39 is 6.36 Å². The molecule has 5 nitrogen and oxygen atoms in total. The lowest BCUT2D eigenvalue weighted by Gasteiger charge is -2.15. The van der Waals surface area contributed by atoms with Gasteiger partial charge in [0.05, 0.1) is 17.7 Å². The number of alkyl halides is 3. The molecule has 1 aliphatic heterocycles. The SMILES string of the molecule is CCN(C)/C=N\c1cc(C)c(C2CC(c3cccc(OC(F)(F)F)c3)=NO2)cc1C. The number of nitrogens with zero attached hydrogens (tertiary/aromatic N) is 3. The average Bonchev–Trinajstić information content (AvgIpc) is 3.17. The number of hydrogen-bond donors (Lipinski definition) is 0. The summed E-state index contributed by atoms with van der Waals surface area (Å²) < 4.78 is 41.4. The van der Waals surface area contributed by atoms with E-state index >= 15 is 0 Å². The average molecular weight is 419 g/mol. The van der Waals surface area contributed by atoms with Crippen LogP contribution in [0.2, 0.25) is 0 Å². The number of halogens is 3. The molecule has 1 unspecified atom stereocenters. The third-order valence-electron chi connectivity index (χ3n) is 4.89. The maximum absolute atomic E-state index is 12.5. The molecule has 0 radical (unpaired) electrons. The van der Waals surface area contributed by atoms with Crippen molar-refractivity contribution in [3.8, 4) is 5.75 Å². The first kappa shape index (κ1) is 21.7. The number of aryl methyl sites for hydroxylation is 2. The zero-order valence-corrected chi connectivity index (χ0v) is 17.3. The number of oxime groups is 1. The van der Waals surface area contributed by atoms with E-state index in [1.54, 1.807) is 12.4 Å². The van der Waals surface area contributed by atoms with Gasteiger partial charge in [0.15, 0.2) is 6.10 Å². The van der Waals surface area contributed by atoms with Crippen LogP contribution in [0, 0.1) is 13.8 Å². The largest absolute Gasteiger partial charge is 0.573 e. The lowest BCUT2D eigenvalue weighted by atomic mass is 9.95. The molecule has 2 aromatic rings. The zero-order valence-electron chi connectivity index (χ0n) is 17.3. The van der Waals surface area contributed by atoms with Crippen LogP contribution in [0.25, 0.3) is 0 Å². The van der Waals surface area contributed by atoms with Crippen molar-refractivity contribution in [1.82, 2.24) is 4.90 Å². The molecule has 8 heteroatoms. The molecular formula is C22H24F3N3O2. The van der Waals surface area contributed by atoms with Gasteiger partial charge in [-0.2, -0.15) is 0 Å². The van der Waals surface area contributed by atoms with Crippen LogP contribution in [0.3, 0.4) is 0 Å². The van der Waals surface area contributed by atoms with Crippen molar-refractivity contribution in [3.05, 3.63) is 58.7 Å². The Labute approximate surface area is 173 Å². The first-order valence-corrected chi connectivity index (χ1v) is 9.60. The number of benzene rings is 2. The van der Waals surface area contributed by atoms with Gasteiger partial charge in [-0.1, -0.05) is 17.3 Å². The van der Waals surface area contributed by atoms with Gasteiger partial charge in [-0.25, -0.2) is 4.99 Å². The number of ether oxygens (including phenoxy) is 1. The molecule has 0 saturated carbocycles. The van der Waals surface area contributed by atoms with E-state index in [2.05, 4.69) is 14.9 Å². The minimum Gasteiger partial charge on any atom is -0.406 e. The summed E-state index contributed by atoms with van der Waals surface area (Å²) >= 11 is 0. The van der Waals surface area contributed by atoms with E-state index in [1.807, 2.05) is 44.9 Å². The van der Waals surface area contributed by atoms with Crippen LogP contribution in [0.5, 0.6) is 5.75 Å². The highest BCUT2D eigenvalue weighted by atomic mass is 19.4. The highest BCUT2D eigenvalue weighted by Gasteiger charge is 2.32. The normalized spacial score (nSPS) is 16.5. The minimum atomic E-state index is -4.74. The Kier molecular flexibility index (Phi) is 6.34. The fourth-order valence-corrected chi connectivity index (χ4v) is 3.14. The van der Waals surface area contributed by atoms with E-state index in [0.29, 0.717) is 17.7 Å². The quantitative estimate of drug-likeness (QED) is 0.447. The summed E-state index contributed by atoms with van der Waals surface area (Å²) in [5.74, 6) is -0.280. The molecular weight excluding hydrogens is 395 g/mol. The van der Waals surface area contributed by atoms with Crippen molar-refractivity contribution in [2.24, 2.45) is 10.1 Å². The van der Waals surface area contributed by atoms with Crippen LogP contribution in [0.1, 0.15) is 41.7 Å². The van der Waals surface area contributed by atoms with E-state index in [1.165, 1.54) is 18.2 Å². The van der Waals surface area contributed by atoms with Gasteiger partial charge in [-0.05, 0) is 61.7 Å². The van der Waals surface area contributed by atoms with Crippen LogP contribution in [-0.2, 0) is 4.84 Å². The molecule has 0 bridgehead atoms. The van der Waals surface area contributed by atoms with Crippen LogP contribution in [-0.4, -0.2) is 36.9 Å². The predicted octanol–water partition coefficient (Wildman–Crippen LogP) is 5.68. The molecule has 160 valence electrons. The first-order valence-electron chi connectivity index (χ1n) is 9.60. The van der Waals surface area contributed by atoms with Gasteiger partial charge in [0, 0.05) is 25.6 Å². The monoisotopic (exact) mass is 419 g/mol. The van der Waals surface area contributed by atoms with Gasteiger partial charge in [-0.3, -0.25) is 0 Å². The van der Waals surface area contributed by atoms with Crippen LogP contribution < -0.4 is 4.74 Å². The summed E-state index contributed by atoms with van der Waals surface area (Å²) in [6.07, 6.45) is -2.79. The minimum absolute atomic E-state index is 0.280. The molecule has 0 N–H and O–H groups in total. The highest BCUT2D eigenvalue weighted by molar-refractivity contribution is 6.01. The van der Waals surface area contributed by atoms with Gasteiger partial charge >= 0.3 is 6.36 Å². The zero-order chi connectivity index (χ0) is 21.9. The van der Waals surface area contributed by atoms with Crippen molar-refractivity contribution in [3.63, 3.8) is 0 Å². The van der Waals surface area contributed by atoms with Crippen LogP contribution >= 0.6 is 0 Å². The summed E-state index contributed by atoms with van der Waals surface area (Å²) in [5, 5.41) is 4.11. The second-order valence-corrected chi connectivity index (χ2v) is 7.22. The maximum atomic E-state index is 12.5. The smallest absolute Gasteiger partial charge is 0.406 e. The van der Waals surface area contributed by atoms with Crippen molar-refractivity contribution >= 4 is 17.7 Å². The third kappa shape index (κ3) is 5.31. The second-order valence-electron chi connectivity index (χ2n) is 7.22. The molecule has 3 rings (SSSR count). The Bertz CT molecular complexity index is 971. The number of aliphatic imine (C=N–C) groups is 1. The third-order valence-corrected chi connectivity index (χ3v) is 4.89. The highest BCUT2D eigenvalue weighted by Crippen LogP contribution is 2.35. The Morgan fingerprint density at radius 2 is 2.00 bits per heavy atom. The Hall–Kier alpha value is -3.03. The van der Waals surface area contributed by atoms with Crippen molar-refractivity contribution in [1.29, 1.82) is 0 Å². The van der Waals surface area contributed by atoms with Crippen LogP contribution in [0.15, 0.2) is 46.5 Å². The van der Waals surface area contributed by atoms with E-state index in [9.17, 15) is 13.2 Å². The van der Waals surface area contributed by atoms with Crippen molar-refractivity contribution in [2.75, 3.05) is 13.6 Å². The summed E-state index contributed by atoms with van der Waals surface area (Å²) in [6.45, 7) is 6.88. The Balaban J connectivity index is 1.76. The number of rotatable bonds is 6. The lowest BCUT2D eigenvalue weighted by Crippen LogP contribution is -2.17. The molecule has 1 heterocycles.